The highest BCUT2D eigenvalue weighted by Gasteiger charge is 2.19. The van der Waals surface area contributed by atoms with Crippen LogP contribution >= 0.6 is 48.0 Å². The normalized spacial score (nSPS) is 17.3. The van der Waals surface area contributed by atoms with Crippen molar-refractivity contribution in [1.29, 1.82) is 0 Å². The van der Waals surface area contributed by atoms with E-state index in [4.69, 9.17) is 23.2 Å². The Morgan fingerprint density at radius 3 is 2.45 bits per heavy atom. The molecule has 0 saturated carbocycles. The lowest BCUT2D eigenvalue weighted by Crippen LogP contribution is -2.34. The summed E-state index contributed by atoms with van der Waals surface area (Å²) < 4.78 is 0. The van der Waals surface area contributed by atoms with Gasteiger partial charge in [-0.05, 0) is 28.8 Å². The Balaban J connectivity index is 0.00000121. The van der Waals surface area contributed by atoms with E-state index in [9.17, 15) is 0 Å². The van der Waals surface area contributed by atoms with E-state index in [0.29, 0.717) is 10.0 Å². The van der Waals surface area contributed by atoms with E-state index in [1.807, 2.05) is 18.2 Å². The molecular weight excluding hydrogens is 362 g/mol. The third-order valence-electron chi connectivity index (χ3n) is 3.61. The maximum absolute atomic E-state index is 6.16. The third kappa shape index (κ3) is 4.29. The summed E-state index contributed by atoms with van der Waals surface area (Å²) in [5, 5.41) is 8.20. The molecule has 120 valence electrons. The van der Waals surface area contributed by atoms with Gasteiger partial charge in [0.25, 0.3) is 0 Å². The molecule has 0 amide bonds. The van der Waals surface area contributed by atoms with Crippen LogP contribution in [0, 0.1) is 0 Å². The molecule has 1 heterocycles. The summed E-state index contributed by atoms with van der Waals surface area (Å²) in [6.07, 6.45) is 0. The maximum Gasteiger partial charge on any atom is 0.0595 e. The van der Waals surface area contributed by atoms with Crippen LogP contribution in [-0.2, 0) is 6.54 Å². The fraction of sp³-hybridized carbons (Fsp3) is 0.250. The monoisotopic (exact) mass is 378 g/mol. The second kappa shape index (κ2) is 8.97. The predicted octanol–water partition coefficient (Wildman–Crippen LogP) is 4.62. The highest BCUT2D eigenvalue weighted by atomic mass is 35.5. The average Bonchev–Trinajstić information content (AvgIpc) is 2.43. The number of fused-ring (bicyclic) bond motifs is 1. The van der Waals surface area contributed by atoms with E-state index in [0.717, 1.165) is 25.2 Å². The van der Waals surface area contributed by atoms with Gasteiger partial charge < -0.3 is 10.6 Å². The van der Waals surface area contributed by atoms with E-state index in [1.54, 1.807) is 0 Å². The molecule has 0 bridgehead atoms. The number of benzene rings is 2. The molecule has 0 aliphatic carbocycles. The van der Waals surface area contributed by atoms with Gasteiger partial charge in [0.05, 0.1) is 16.1 Å². The summed E-state index contributed by atoms with van der Waals surface area (Å²) in [5.41, 5.74) is 3.75. The molecule has 0 spiro atoms. The van der Waals surface area contributed by atoms with Crippen molar-refractivity contribution < 1.29 is 0 Å². The standard InChI is InChI=1S/C16H16Cl2N2.2ClH/c17-14-6-5-11(9-15(14)18)16-13-4-2-1-3-12(13)10-19-7-8-20-16;;/h1-6,9,16,19-20H,7-8,10H2;2*1H. The molecule has 1 unspecified atom stereocenters. The molecule has 0 radical (unpaired) electrons. The molecular formula is C16H18Cl4N2. The Kier molecular flexibility index (Phi) is 7.98. The van der Waals surface area contributed by atoms with Gasteiger partial charge in [0.2, 0.25) is 0 Å². The largest absolute Gasteiger partial charge is 0.311 e. The van der Waals surface area contributed by atoms with Gasteiger partial charge >= 0.3 is 0 Å². The second-order valence-electron chi connectivity index (χ2n) is 4.94. The maximum atomic E-state index is 6.16. The van der Waals surface area contributed by atoms with Crippen LogP contribution in [0.1, 0.15) is 22.7 Å². The molecule has 2 nitrogen and oxygen atoms in total. The smallest absolute Gasteiger partial charge is 0.0595 e. The van der Waals surface area contributed by atoms with Crippen LogP contribution < -0.4 is 10.6 Å². The van der Waals surface area contributed by atoms with Crippen LogP contribution in [0.5, 0.6) is 0 Å². The first-order valence-corrected chi connectivity index (χ1v) is 7.48. The lowest BCUT2D eigenvalue weighted by molar-refractivity contribution is 0.538. The van der Waals surface area contributed by atoms with Gasteiger partial charge in [-0.2, -0.15) is 0 Å². The van der Waals surface area contributed by atoms with Gasteiger partial charge in [-0.3, -0.25) is 0 Å². The van der Waals surface area contributed by atoms with Crippen LogP contribution in [0.15, 0.2) is 42.5 Å². The van der Waals surface area contributed by atoms with Crippen LogP contribution in [0.2, 0.25) is 10.0 Å². The number of hydrogen-bond acceptors (Lipinski definition) is 2. The first-order valence-electron chi connectivity index (χ1n) is 6.72. The number of rotatable bonds is 1. The molecule has 0 aromatic heterocycles. The van der Waals surface area contributed by atoms with Crippen LogP contribution in [0.3, 0.4) is 0 Å². The van der Waals surface area contributed by atoms with E-state index in [1.165, 1.54) is 11.1 Å². The van der Waals surface area contributed by atoms with Gasteiger partial charge in [0.15, 0.2) is 0 Å². The van der Waals surface area contributed by atoms with Crippen LogP contribution in [0.4, 0.5) is 0 Å². The molecule has 1 aliphatic rings. The van der Waals surface area contributed by atoms with E-state index < -0.39 is 0 Å². The summed E-state index contributed by atoms with van der Waals surface area (Å²) in [6.45, 7) is 2.76. The van der Waals surface area contributed by atoms with Crippen molar-refractivity contribution in [3.63, 3.8) is 0 Å². The molecule has 2 aromatic rings. The lowest BCUT2D eigenvalue weighted by atomic mass is 9.93. The molecule has 3 rings (SSSR count). The summed E-state index contributed by atoms with van der Waals surface area (Å²) >= 11 is 12.2. The van der Waals surface area contributed by atoms with Crippen LogP contribution in [0.25, 0.3) is 0 Å². The van der Waals surface area contributed by atoms with Crippen molar-refractivity contribution in [2.75, 3.05) is 13.1 Å². The number of halogens is 4. The van der Waals surface area contributed by atoms with Crippen molar-refractivity contribution in [2.45, 2.75) is 12.6 Å². The van der Waals surface area contributed by atoms with Crippen molar-refractivity contribution in [3.05, 3.63) is 69.2 Å². The molecule has 6 heteroatoms. The summed E-state index contributed by atoms with van der Waals surface area (Å²) in [5.74, 6) is 0. The van der Waals surface area contributed by atoms with Crippen LogP contribution in [-0.4, -0.2) is 13.1 Å². The van der Waals surface area contributed by atoms with E-state index in [-0.39, 0.29) is 30.9 Å². The first kappa shape index (κ1) is 19.6. The minimum Gasteiger partial charge on any atom is -0.311 e. The molecule has 0 fully saturated rings. The Hall–Kier alpha value is -0.480. The van der Waals surface area contributed by atoms with Crippen molar-refractivity contribution in [3.8, 4) is 0 Å². The number of nitrogens with one attached hydrogen (secondary N) is 2. The molecule has 1 atom stereocenters. The lowest BCUT2D eigenvalue weighted by Gasteiger charge is -2.25. The summed E-state index contributed by atoms with van der Waals surface area (Å²) in [6, 6.07) is 14.5. The fourth-order valence-corrected chi connectivity index (χ4v) is 2.91. The quantitative estimate of drug-likeness (QED) is 0.755. The SMILES string of the molecule is Cl.Cl.Clc1ccc(C2NCCNCc3ccccc32)cc1Cl. The van der Waals surface area contributed by atoms with Gasteiger partial charge in [-0.15, -0.1) is 24.8 Å². The zero-order valence-corrected chi connectivity index (χ0v) is 15.0. The van der Waals surface area contributed by atoms with Crippen molar-refractivity contribution >= 4 is 48.0 Å². The molecule has 1 aliphatic heterocycles. The predicted molar refractivity (Wildman–Crippen MR) is 99.0 cm³/mol. The average molecular weight is 380 g/mol. The van der Waals surface area contributed by atoms with Crippen molar-refractivity contribution in [2.24, 2.45) is 0 Å². The Morgan fingerprint density at radius 1 is 0.909 bits per heavy atom. The molecule has 0 saturated heterocycles. The zero-order chi connectivity index (χ0) is 13.9. The third-order valence-corrected chi connectivity index (χ3v) is 4.35. The highest BCUT2D eigenvalue weighted by molar-refractivity contribution is 6.42. The van der Waals surface area contributed by atoms with Gasteiger partial charge in [0.1, 0.15) is 0 Å². The van der Waals surface area contributed by atoms with Gasteiger partial charge in [-0.1, -0.05) is 53.5 Å². The fourth-order valence-electron chi connectivity index (χ4n) is 2.60. The summed E-state index contributed by atoms with van der Waals surface area (Å²) in [7, 11) is 0. The van der Waals surface area contributed by atoms with Crippen molar-refractivity contribution in [1.82, 2.24) is 10.6 Å². The van der Waals surface area contributed by atoms with Gasteiger partial charge in [-0.25, -0.2) is 0 Å². The summed E-state index contributed by atoms with van der Waals surface area (Å²) in [4.78, 5) is 0. The first-order chi connectivity index (χ1) is 9.75. The minimum atomic E-state index is 0. The highest BCUT2D eigenvalue weighted by Crippen LogP contribution is 2.30. The minimum absolute atomic E-state index is 0. The molecule has 22 heavy (non-hydrogen) atoms. The second-order valence-corrected chi connectivity index (χ2v) is 5.75. The number of hydrogen-bond donors (Lipinski definition) is 2. The Morgan fingerprint density at radius 2 is 1.68 bits per heavy atom. The Labute approximate surface area is 153 Å². The Bertz CT molecular complexity index is 619. The van der Waals surface area contributed by atoms with E-state index >= 15 is 0 Å². The molecule has 2 aromatic carbocycles. The molecule has 2 N–H and O–H groups in total. The zero-order valence-electron chi connectivity index (χ0n) is 11.8. The van der Waals surface area contributed by atoms with Gasteiger partial charge in [0, 0.05) is 19.6 Å². The van der Waals surface area contributed by atoms with E-state index in [2.05, 4.69) is 34.9 Å². The topological polar surface area (TPSA) is 24.1 Å².